The number of likely N-dealkylation sites (tertiary alicyclic amines) is 1. The zero-order valence-corrected chi connectivity index (χ0v) is 63.8. The first-order chi connectivity index (χ1) is 48.0. The maximum atomic E-state index is 15.6. The van der Waals surface area contributed by atoms with Gasteiger partial charge in [0.2, 0.25) is 70.9 Å². The number of alkyl halides is 4. The molecule has 102 heavy (non-hydrogen) atoms. The van der Waals surface area contributed by atoms with E-state index in [1.165, 1.54) is 88.4 Å². The highest BCUT2D eigenvalue weighted by Crippen LogP contribution is 2.44. The van der Waals surface area contributed by atoms with Crippen LogP contribution in [0.5, 0.6) is 0 Å². The molecule has 28 heteroatoms. The minimum Gasteiger partial charge on any atom is -0.343 e. The lowest BCUT2D eigenvalue weighted by Crippen LogP contribution is -2.65. The van der Waals surface area contributed by atoms with Crippen LogP contribution in [-0.4, -0.2) is 261 Å². The van der Waals surface area contributed by atoms with Crippen molar-refractivity contribution in [1.29, 1.82) is 0 Å². The van der Waals surface area contributed by atoms with E-state index in [4.69, 9.17) is 11.6 Å². The van der Waals surface area contributed by atoms with Gasteiger partial charge >= 0.3 is 6.18 Å². The van der Waals surface area contributed by atoms with Crippen LogP contribution in [0.15, 0.2) is 0 Å². The fourth-order valence-corrected chi connectivity index (χ4v) is 17.1. The molecule has 0 aromatic rings. The van der Waals surface area contributed by atoms with E-state index >= 15 is 33.6 Å². The Balaban J connectivity index is 1.28. The molecule has 0 aromatic carbocycles. The molecule has 4 saturated heterocycles. The van der Waals surface area contributed by atoms with Crippen molar-refractivity contribution in [3.63, 3.8) is 0 Å². The summed E-state index contributed by atoms with van der Waals surface area (Å²) in [6.07, 6.45) is 5.21. The van der Waals surface area contributed by atoms with Crippen molar-refractivity contribution in [2.45, 2.75) is 287 Å². The Labute approximate surface area is 608 Å². The summed E-state index contributed by atoms with van der Waals surface area (Å²) in [5, 5.41) is 7.66. The summed E-state index contributed by atoms with van der Waals surface area (Å²) in [6.45, 7) is 13.3. The van der Waals surface area contributed by atoms with Gasteiger partial charge in [0.1, 0.15) is 59.9 Å². The fraction of sp³-hybridized carbons (Fsp3) is 0.838. The van der Waals surface area contributed by atoms with Gasteiger partial charge in [0.15, 0.2) is 0 Å². The SMILES string of the molecule is CC[C@H](C)[C@@H]1NC(=O)[C@H](CC(C)C)N(C)C(=O)C[C@@H](C(=O)N2CCCCC2)N(C)C(=O)[C@H](CCC(C)C)N(C)C(=O)C2(CCCC2)NC(=O)[C@@H]2CCCN2C(=O)[C@H](CCC2CCC(C(F)(F)F)C(Cl)C2)NC(=O)CN(C)C(=O)[C@H](CC2CCCCC2)N(C)C(=O)[C@@H]2CCN2C(=O)[C@H](C)N(C)C1=O. The number of nitrogens with zero attached hydrogens (tertiary/aromatic N) is 9. The van der Waals surface area contributed by atoms with Gasteiger partial charge in [-0.25, -0.2) is 0 Å². The van der Waals surface area contributed by atoms with Gasteiger partial charge in [-0.1, -0.05) is 92.9 Å². The first kappa shape index (κ1) is 83.0. The molecule has 24 nitrogen and oxygen atoms in total. The number of likely N-dealkylation sites (N-methyl/N-ethyl adjacent to an activating group) is 6. The third-order valence-electron chi connectivity index (χ3n) is 23.7. The molecular weight excluding hydrogens is 1340 g/mol. The molecule has 7 fully saturated rings. The largest absolute Gasteiger partial charge is 0.393 e. The average molecular weight is 1460 g/mol. The summed E-state index contributed by atoms with van der Waals surface area (Å²) in [5.41, 5.74) is -1.56. The van der Waals surface area contributed by atoms with Crippen molar-refractivity contribution < 1.29 is 70.7 Å². The quantitative estimate of drug-likeness (QED) is 0.160. The van der Waals surface area contributed by atoms with E-state index in [1.54, 1.807) is 11.8 Å². The lowest BCUT2D eigenvalue weighted by Gasteiger charge is -2.45. The van der Waals surface area contributed by atoms with Crippen LogP contribution in [0.1, 0.15) is 215 Å². The zero-order chi connectivity index (χ0) is 75.4. The van der Waals surface area contributed by atoms with E-state index in [-0.39, 0.29) is 114 Å². The summed E-state index contributed by atoms with van der Waals surface area (Å²) in [7, 11) is 8.74. The van der Waals surface area contributed by atoms with Gasteiger partial charge in [-0.3, -0.25) is 57.5 Å². The second-order valence-corrected chi connectivity index (χ2v) is 32.4. The topological polar surface area (TPSA) is 270 Å². The fourth-order valence-electron chi connectivity index (χ4n) is 16.6. The van der Waals surface area contributed by atoms with Crippen LogP contribution in [0, 0.1) is 35.5 Å². The van der Waals surface area contributed by atoms with Gasteiger partial charge in [-0.2, -0.15) is 13.2 Å². The summed E-state index contributed by atoms with van der Waals surface area (Å²) in [5.74, 6) is -9.97. The summed E-state index contributed by atoms with van der Waals surface area (Å²) in [4.78, 5) is 193. The molecule has 3 saturated carbocycles. The van der Waals surface area contributed by atoms with E-state index in [0.717, 1.165) is 38.5 Å². The average Bonchev–Trinajstić information content (AvgIpc) is 1.38. The molecule has 13 atom stereocenters. The van der Waals surface area contributed by atoms with Crippen LogP contribution < -0.4 is 16.0 Å². The number of hydrogen-bond donors (Lipinski definition) is 3. The molecule has 576 valence electrons. The Morgan fingerprint density at radius 1 is 0.578 bits per heavy atom. The number of piperidine rings is 1. The molecule has 3 aliphatic carbocycles. The molecule has 0 bridgehead atoms. The smallest absolute Gasteiger partial charge is 0.343 e. The Morgan fingerprint density at radius 3 is 1.80 bits per heavy atom. The Hall–Kier alpha value is -6.28. The minimum absolute atomic E-state index is 0.00170. The second-order valence-electron chi connectivity index (χ2n) is 31.8. The normalized spacial score (nSPS) is 30.6. The number of fused-ring (bicyclic) bond motifs is 2. The van der Waals surface area contributed by atoms with Crippen molar-refractivity contribution in [3.05, 3.63) is 0 Å². The van der Waals surface area contributed by atoms with Crippen LogP contribution in [0.4, 0.5) is 13.2 Å². The predicted octanol–water partition coefficient (Wildman–Crippen LogP) is 6.87. The number of amides is 12. The second kappa shape index (κ2) is 36.6. The number of carbonyl (C=O) groups is 12. The molecule has 7 aliphatic rings. The predicted molar refractivity (Wildman–Crippen MR) is 379 cm³/mol. The van der Waals surface area contributed by atoms with Gasteiger partial charge < -0.3 is 60.0 Å². The lowest BCUT2D eigenvalue weighted by molar-refractivity contribution is -0.182. The molecule has 3 N–H and O–H groups in total. The first-order valence-corrected chi connectivity index (χ1v) is 38.6. The number of hydrogen-bond acceptors (Lipinski definition) is 12. The lowest BCUT2D eigenvalue weighted by atomic mass is 9.78. The first-order valence-electron chi connectivity index (χ1n) is 38.1. The van der Waals surface area contributed by atoms with Crippen molar-refractivity contribution in [1.82, 2.24) is 60.0 Å². The van der Waals surface area contributed by atoms with Crippen LogP contribution in [-0.2, 0) is 57.5 Å². The maximum absolute atomic E-state index is 15.6. The van der Waals surface area contributed by atoms with Crippen LogP contribution in [0.3, 0.4) is 0 Å². The third kappa shape index (κ3) is 20.2. The highest BCUT2D eigenvalue weighted by atomic mass is 35.5. The Morgan fingerprint density at radius 2 is 1.22 bits per heavy atom. The summed E-state index contributed by atoms with van der Waals surface area (Å²) >= 11 is 6.42. The maximum Gasteiger partial charge on any atom is 0.393 e. The van der Waals surface area contributed by atoms with E-state index in [0.29, 0.717) is 58.0 Å². The van der Waals surface area contributed by atoms with Gasteiger partial charge in [0, 0.05) is 73.8 Å². The number of rotatable bonds is 13. The summed E-state index contributed by atoms with van der Waals surface area (Å²) < 4.78 is 42.1. The van der Waals surface area contributed by atoms with Gasteiger partial charge in [-0.05, 0) is 146 Å². The Bertz CT molecular complexity index is 2980. The number of halogens is 4. The van der Waals surface area contributed by atoms with Crippen LogP contribution in [0.25, 0.3) is 0 Å². The zero-order valence-electron chi connectivity index (χ0n) is 63.1. The van der Waals surface area contributed by atoms with Crippen molar-refractivity contribution >= 4 is 82.5 Å². The standard InChI is InChI=1S/C74H120ClF3N12O12/c1-14-47(6)62-71(101)83(9)48(7)65(95)90-39-33-56(90)69(99)85(11)58(42-49-24-17-15-18-25-49)67(97)82(8)44-60(91)79-53(31-29-50-28-30-51(52(75)41-50)74(76,77)78)66(96)89-38-23-26-54(89)64(94)81-73(34-19-20-35-73)72(102)87(13)55(32-27-45(2)3)68(98)86(12)59(70(100)88-36-21-16-22-37-88)43-61(92)84(10)57(40-46(4)5)63(93)80-62/h45-59,62H,14-44H2,1-13H3,(H,79,91)(H,80,93)(H,81,94)/t47-,48-,50?,51?,52?,53-,54-,55-,56-,57-,58-,59-,62-/m0/s1. The molecule has 12 amide bonds. The van der Waals surface area contributed by atoms with Crippen molar-refractivity contribution in [3.8, 4) is 0 Å². The highest BCUT2D eigenvalue weighted by molar-refractivity contribution is 6.21. The minimum atomic E-state index is -4.51. The van der Waals surface area contributed by atoms with E-state index in [2.05, 4.69) is 16.0 Å². The molecule has 0 radical (unpaired) electrons. The van der Waals surface area contributed by atoms with E-state index < -0.39 is 167 Å². The monoisotopic (exact) mass is 1460 g/mol. The van der Waals surface area contributed by atoms with Crippen LogP contribution in [0.2, 0.25) is 0 Å². The van der Waals surface area contributed by atoms with Crippen molar-refractivity contribution in [2.75, 3.05) is 75.0 Å². The highest BCUT2D eigenvalue weighted by Gasteiger charge is 2.52. The molecular formula is C74H120ClF3N12O12. The Kier molecular flexibility index (Phi) is 29.8. The van der Waals surface area contributed by atoms with Crippen LogP contribution >= 0.6 is 11.6 Å². The molecule has 4 aliphatic heterocycles. The van der Waals surface area contributed by atoms with Gasteiger partial charge in [0.25, 0.3) is 0 Å². The van der Waals surface area contributed by atoms with Gasteiger partial charge in [-0.15, -0.1) is 11.6 Å². The molecule has 3 unspecified atom stereocenters. The van der Waals surface area contributed by atoms with Gasteiger partial charge in [0.05, 0.1) is 18.9 Å². The molecule has 0 aromatic heterocycles. The van der Waals surface area contributed by atoms with E-state index in [1.807, 2.05) is 34.6 Å². The summed E-state index contributed by atoms with van der Waals surface area (Å²) in [6, 6.07) is -10.8. The molecule has 1 spiro atoms. The van der Waals surface area contributed by atoms with E-state index in [9.17, 15) is 37.1 Å². The number of carbonyl (C=O) groups excluding carboxylic acids is 12. The number of nitrogens with one attached hydrogen (secondary N) is 3. The third-order valence-corrected chi connectivity index (χ3v) is 24.2. The molecule has 4 heterocycles. The van der Waals surface area contributed by atoms with Crippen molar-refractivity contribution in [2.24, 2.45) is 35.5 Å². The molecule has 7 rings (SSSR count).